The van der Waals surface area contributed by atoms with Crippen molar-refractivity contribution in [2.45, 2.75) is 31.4 Å². The van der Waals surface area contributed by atoms with E-state index in [1.54, 1.807) is 13.2 Å². The van der Waals surface area contributed by atoms with Crippen molar-refractivity contribution in [3.63, 3.8) is 0 Å². The Hall–Kier alpha value is -1.33. The molecule has 0 spiro atoms. The highest BCUT2D eigenvalue weighted by Gasteiger charge is 2.40. The second kappa shape index (κ2) is 5.97. The van der Waals surface area contributed by atoms with E-state index < -0.39 is 5.60 Å². The van der Waals surface area contributed by atoms with E-state index in [2.05, 4.69) is 5.32 Å². The molecule has 2 atom stereocenters. The molecule has 1 aliphatic rings. The number of rotatable bonds is 5. The van der Waals surface area contributed by atoms with E-state index in [4.69, 9.17) is 14.2 Å². The molecule has 1 aromatic carbocycles. The third-order valence-corrected chi connectivity index (χ3v) is 3.96. The van der Waals surface area contributed by atoms with Crippen molar-refractivity contribution in [3.8, 4) is 11.5 Å². The second-order valence-corrected chi connectivity index (χ2v) is 5.22. The van der Waals surface area contributed by atoms with Crippen LogP contribution in [0.1, 0.15) is 31.4 Å². The van der Waals surface area contributed by atoms with Gasteiger partial charge in [-0.05, 0) is 32.9 Å². The van der Waals surface area contributed by atoms with Crippen LogP contribution in [0, 0.1) is 5.82 Å². The molecule has 1 heterocycles. The number of ether oxygens (including phenoxy) is 3. The number of likely N-dealkylation sites (N-methyl/N-ethyl adjacent to an activating group) is 1. The summed E-state index contributed by atoms with van der Waals surface area (Å²) in [6.07, 6.45) is 1.88. The zero-order valence-corrected chi connectivity index (χ0v) is 12.5. The zero-order chi connectivity index (χ0) is 14.8. The van der Waals surface area contributed by atoms with Gasteiger partial charge in [0.1, 0.15) is 5.82 Å². The molecule has 2 rings (SSSR count). The van der Waals surface area contributed by atoms with Crippen LogP contribution >= 0.6 is 0 Å². The van der Waals surface area contributed by atoms with E-state index in [0.717, 1.165) is 12.8 Å². The first-order valence-electron chi connectivity index (χ1n) is 6.78. The summed E-state index contributed by atoms with van der Waals surface area (Å²) in [5.41, 5.74) is 0.129. The Bertz CT molecular complexity index is 472. The van der Waals surface area contributed by atoms with Gasteiger partial charge >= 0.3 is 0 Å². The van der Waals surface area contributed by atoms with Gasteiger partial charge in [-0.3, -0.25) is 0 Å². The van der Waals surface area contributed by atoms with Gasteiger partial charge in [-0.1, -0.05) is 0 Å². The maximum absolute atomic E-state index is 14.4. The van der Waals surface area contributed by atoms with Gasteiger partial charge in [0.2, 0.25) is 0 Å². The number of hydrogen-bond acceptors (Lipinski definition) is 4. The van der Waals surface area contributed by atoms with Crippen LogP contribution in [0.15, 0.2) is 12.1 Å². The fourth-order valence-electron chi connectivity index (χ4n) is 2.91. The average molecular weight is 283 g/mol. The van der Waals surface area contributed by atoms with Crippen molar-refractivity contribution in [2.75, 3.05) is 27.9 Å². The molecule has 5 heteroatoms. The lowest BCUT2D eigenvalue weighted by molar-refractivity contribution is -0.0114. The molecule has 0 radical (unpaired) electrons. The predicted molar refractivity (Wildman–Crippen MR) is 74.9 cm³/mol. The van der Waals surface area contributed by atoms with E-state index in [1.165, 1.54) is 13.2 Å². The Labute approximate surface area is 119 Å². The van der Waals surface area contributed by atoms with Crippen molar-refractivity contribution in [2.24, 2.45) is 0 Å². The number of hydrogen-bond donors (Lipinski definition) is 1. The van der Waals surface area contributed by atoms with Crippen LogP contribution in [0.2, 0.25) is 0 Å². The Kier molecular flexibility index (Phi) is 4.50. The molecule has 1 aliphatic heterocycles. The maximum atomic E-state index is 14.4. The minimum atomic E-state index is -0.408. The van der Waals surface area contributed by atoms with Crippen molar-refractivity contribution in [1.82, 2.24) is 5.32 Å². The molecule has 1 saturated heterocycles. The third-order valence-electron chi connectivity index (χ3n) is 3.96. The van der Waals surface area contributed by atoms with Crippen LogP contribution in [0.5, 0.6) is 11.5 Å². The summed E-state index contributed by atoms with van der Waals surface area (Å²) in [4.78, 5) is 0. The summed E-state index contributed by atoms with van der Waals surface area (Å²) in [6, 6.07) is 2.81. The van der Waals surface area contributed by atoms with E-state index in [1.807, 2.05) is 14.0 Å². The molecule has 112 valence electrons. The Morgan fingerprint density at radius 3 is 2.45 bits per heavy atom. The van der Waals surface area contributed by atoms with Crippen LogP contribution in [-0.4, -0.2) is 33.5 Å². The first-order valence-corrected chi connectivity index (χ1v) is 6.78. The van der Waals surface area contributed by atoms with Crippen LogP contribution < -0.4 is 14.8 Å². The van der Waals surface area contributed by atoms with Gasteiger partial charge in [0.15, 0.2) is 11.5 Å². The van der Waals surface area contributed by atoms with Gasteiger partial charge in [-0.2, -0.15) is 0 Å². The highest BCUT2D eigenvalue weighted by atomic mass is 19.1. The molecule has 4 nitrogen and oxygen atoms in total. The van der Waals surface area contributed by atoms with Crippen LogP contribution in [0.4, 0.5) is 4.39 Å². The zero-order valence-electron chi connectivity index (χ0n) is 12.5. The fraction of sp³-hybridized carbons (Fsp3) is 0.600. The van der Waals surface area contributed by atoms with Crippen LogP contribution in [0.3, 0.4) is 0 Å². The predicted octanol–water partition coefficient (Wildman–Crippen LogP) is 2.67. The third kappa shape index (κ3) is 2.60. The number of benzene rings is 1. The topological polar surface area (TPSA) is 39.7 Å². The standard InChI is InChI=1S/C15H22FNO3/c1-15(6-5-7-20-15)14(17-2)10-8-12(18-3)13(19-4)9-11(10)16/h8-9,14,17H,5-7H2,1-4H3. The van der Waals surface area contributed by atoms with Crippen molar-refractivity contribution >= 4 is 0 Å². The Morgan fingerprint density at radius 2 is 1.95 bits per heavy atom. The molecule has 0 aliphatic carbocycles. The molecule has 0 bridgehead atoms. The first-order chi connectivity index (χ1) is 9.55. The SMILES string of the molecule is CNC(c1cc(OC)c(OC)cc1F)C1(C)CCCO1. The van der Waals surface area contributed by atoms with Gasteiger partial charge in [0, 0.05) is 18.2 Å². The quantitative estimate of drug-likeness (QED) is 0.902. The van der Waals surface area contributed by atoms with E-state index in [-0.39, 0.29) is 11.9 Å². The lowest BCUT2D eigenvalue weighted by Crippen LogP contribution is -2.40. The molecule has 20 heavy (non-hydrogen) atoms. The first kappa shape index (κ1) is 15.1. The van der Waals surface area contributed by atoms with Crippen molar-refractivity contribution in [1.29, 1.82) is 0 Å². The molecule has 1 aromatic rings. The summed E-state index contributed by atoms with van der Waals surface area (Å²) < 4.78 is 30.6. The summed E-state index contributed by atoms with van der Waals surface area (Å²) in [5, 5.41) is 3.17. The van der Waals surface area contributed by atoms with E-state index in [9.17, 15) is 4.39 Å². The monoisotopic (exact) mass is 283 g/mol. The molecular weight excluding hydrogens is 261 g/mol. The number of nitrogens with one attached hydrogen (secondary N) is 1. The van der Waals surface area contributed by atoms with Crippen LogP contribution in [0.25, 0.3) is 0 Å². The summed E-state index contributed by atoms with van der Waals surface area (Å²) in [7, 11) is 4.85. The average Bonchev–Trinajstić information content (AvgIpc) is 2.88. The van der Waals surface area contributed by atoms with Gasteiger partial charge in [0.05, 0.1) is 25.9 Å². The lowest BCUT2D eigenvalue weighted by Gasteiger charge is -2.34. The smallest absolute Gasteiger partial charge is 0.163 e. The fourth-order valence-corrected chi connectivity index (χ4v) is 2.91. The minimum Gasteiger partial charge on any atom is -0.493 e. The van der Waals surface area contributed by atoms with Gasteiger partial charge in [-0.25, -0.2) is 4.39 Å². The molecule has 2 unspecified atom stereocenters. The van der Waals surface area contributed by atoms with Crippen LogP contribution in [-0.2, 0) is 4.74 Å². The maximum Gasteiger partial charge on any atom is 0.163 e. The highest BCUT2D eigenvalue weighted by Crippen LogP contribution is 2.41. The van der Waals surface area contributed by atoms with Crippen molar-refractivity contribution < 1.29 is 18.6 Å². The molecular formula is C15H22FNO3. The molecule has 0 aromatic heterocycles. The van der Waals surface area contributed by atoms with Gasteiger partial charge < -0.3 is 19.5 Å². The number of halogens is 1. The Morgan fingerprint density at radius 1 is 1.30 bits per heavy atom. The van der Waals surface area contributed by atoms with Gasteiger partial charge in [0.25, 0.3) is 0 Å². The molecule has 0 saturated carbocycles. The minimum absolute atomic E-state index is 0.232. The summed E-state index contributed by atoms with van der Waals surface area (Å²) >= 11 is 0. The molecule has 0 amide bonds. The summed E-state index contributed by atoms with van der Waals surface area (Å²) in [5.74, 6) is 0.588. The molecule has 1 fully saturated rings. The number of methoxy groups -OCH3 is 2. The largest absolute Gasteiger partial charge is 0.493 e. The summed E-state index contributed by atoms with van der Waals surface area (Å²) in [6.45, 7) is 2.72. The Balaban J connectivity index is 2.44. The van der Waals surface area contributed by atoms with Gasteiger partial charge in [-0.15, -0.1) is 0 Å². The second-order valence-electron chi connectivity index (χ2n) is 5.22. The van der Waals surface area contributed by atoms with E-state index >= 15 is 0 Å². The van der Waals surface area contributed by atoms with E-state index in [0.29, 0.717) is 23.7 Å². The van der Waals surface area contributed by atoms with Crippen molar-refractivity contribution in [3.05, 3.63) is 23.5 Å². The molecule has 1 N–H and O–H groups in total. The lowest BCUT2D eigenvalue weighted by atomic mass is 9.87. The highest BCUT2D eigenvalue weighted by molar-refractivity contribution is 5.45. The normalized spacial score (nSPS) is 23.6.